The Morgan fingerprint density at radius 3 is 2.63 bits per heavy atom. The predicted molar refractivity (Wildman–Crippen MR) is 118 cm³/mol. The van der Waals surface area contributed by atoms with E-state index in [0.29, 0.717) is 65.3 Å². The minimum Gasteiger partial charge on any atom is -0.480 e. The third kappa shape index (κ3) is 4.83. The van der Waals surface area contributed by atoms with Crippen molar-refractivity contribution < 1.29 is 27.0 Å². The van der Waals surface area contributed by atoms with Gasteiger partial charge in [-0.25, -0.2) is 18.4 Å². The van der Waals surface area contributed by atoms with Gasteiger partial charge < -0.3 is 19.8 Å². The lowest BCUT2D eigenvalue weighted by Crippen LogP contribution is -2.31. The summed E-state index contributed by atoms with van der Waals surface area (Å²) < 4.78 is 61.8. The number of nitrogens with one attached hydrogen (secondary N) is 2. The number of nitrogens with zero attached hydrogens (tertiary/aromatic N) is 6. The summed E-state index contributed by atoms with van der Waals surface area (Å²) in [7, 11) is 1.48. The van der Waals surface area contributed by atoms with Crippen LogP contribution >= 0.6 is 0 Å². The molecule has 1 aliphatic rings. The van der Waals surface area contributed by atoms with Gasteiger partial charge in [-0.3, -0.25) is 0 Å². The summed E-state index contributed by atoms with van der Waals surface area (Å²) in [6, 6.07) is 3.37. The predicted octanol–water partition coefficient (Wildman–Crippen LogP) is 4.00. The summed E-state index contributed by atoms with van der Waals surface area (Å²) in [6.07, 6.45) is 0.952. The van der Waals surface area contributed by atoms with E-state index < -0.39 is 25.7 Å². The molecule has 14 heteroatoms. The highest BCUT2D eigenvalue weighted by Gasteiger charge is 2.25. The highest BCUT2D eigenvalue weighted by Crippen LogP contribution is 2.34. The number of fused-ring (bicyclic) bond motifs is 2. The first-order chi connectivity index (χ1) is 16.9. The maximum Gasteiger partial charge on any atom is 0.345 e. The van der Waals surface area contributed by atoms with Crippen LogP contribution in [0.1, 0.15) is 25.7 Å². The van der Waals surface area contributed by atoms with Gasteiger partial charge in [-0.1, -0.05) is 5.21 Å². The number of hydrogen-bond acceptors (Lipinski definition) is 8. The van der Waals surface area contributed by atoms with Gasteiger partial charge in [-0.05, 0) is 37.8 Å². The first-order valence-electron chi connectivity index (χ1n) is 11.0. The monoisotopic (exact) mass is 494 g/mol. The molecule has 0 spiro atoms. The van der Waals surface area contributed by atoms with E-state index in [4.69, 9.17) is 4.74 Å². The van der Waals surface area contributed by atoms with Gasteiger partial charge in [0.2, 0.25) is 11.8 Å². The van der Waals surface area contributed by atoms with Gasteiger partial charge in [0.15, 0.2) is 5.65 Å². The smallest absolute Gasteiger partial charge is 0.345 e. The van der Waals surface area contributed by atoms with Gasteiger partial charge in [0.25, 0.3) is 6.43 Å². The van der Waals surface area contributed by atoms with Crippen LogP contribution in [0, 0.1) is 0 Å². The zero-order valence-electron chi connectivity index (χ0n) is 18.6. The maximum atomic E-state index is 12.9. The van der Waals surface area contributed by atoms with Crippen LogP contribution in [0.3, 0.4) is 0 Å². The van der Waals surface area contributed by atoms with E-state index >= 15 is 0 Å². The van der Waals surface area contributed by atoms with Crippen LogP contribution in [0.4, 0.5) is 23.5 Å². The van der Waals surface area contributed by atoms with Crippen LogP contribution in [0.25, 0.3) is 33.5 Å². The molecule has 35 heavy (non-hydrogen) atoms. The van der Waals surface area contributed by atoms with Crippen molar-refractivity contribution in [3.63, 3.8) is 0 Å². The quantitative estimate of drug-likeness (QED) is 0.353. The van der Waals surface area contributed by atoms with Crippen LogP contribution in [0.5, 0.6) is 5.88 Å². The second-order valence-corrected chi connectivity index (χ2v) is 8.20. The minimum absolute atomic E-state index is 0.0100. The molecule has 1 saturated carbocycles. The summed E-state index contributed by atoms with van der Waals surface area (Å²) in [5.74, 6) is 0.633. The number of methoxy groups -OCH3 is 1. The zero-order valence-corrected chi connectivity index (χ0v) is 18.6. The topological polar surface area (TPSA) is 116 Å². The Morgan fingerprint density at radius 1 is 1.11 bits per heavy atom. The van der Waals surface area contributed by atoms with Crippen molar-refractivity contribution in [2.24, 2.45) is 0 Å². The molecule has 10 nitrogen and oxygen atoms in total. The number of alkyl halides is 4. The fraction of sp³-hybridized carbons (Fsp3) is 0.476. The molecule has 1 aliphatic carbocycles. The number of ether oxygens (including phenoxy) is 2. The first kappa shape index (κ1) is 23.2. The number of halogens is 4. The molecule has 0 radical (unpaired) electrons. The molecule has 5 rings (SSSR count). The molecular formula is C21H22F4N8O2. The van der Waals surface area contributed by atoms with Gasteiger partial charge in [0, 0.05) is 17.8 Å². The molecule has 4 heterocycles. The Balaban J connectivity index is 1.41. The Kier molecular flexibility index (Phi) is 6.36. The molecule has 1 fully saturated rings. The van der Waals surface area contributed by atoms with E-state index in [2.05, 4.69) is 40.3 Å². The van der Waals surface area contributed by atoms with Crippen LogP contribution in [0.15, 0.2) is 18.3 Å². The average molecular weight is 494 g/mol. The van der Waals surface area contributed by atoms with Crippen LogP contribution in [-0.4, -0.2) is 67.2 Å². The Hall–Kier alpha value is -3.55. The second-order valence-electron chi connectivity index (χ2n) is 8.20. The molecule has 186 valence electrons. The average Bonchev–Trinajstić information content (AvgIpc) is 3.43. The van der Waals surface area contributed by atoms with E-state index in [1.165, 1.54) is 7.11 Å². The molecule has 0 unspecified atom stereocenters. The van der Waals surface area contributed by atoms with Gasteiger partial charge in [0.05, 0.1) is 24.3 Å². The molecule has 0 amide bonds. The number of aromatic nitrogens is 7. The Labute approximate surface area is 196 Å². The van der Waals surface area contributed by atoms with Crippen molar-refractivity contribution in [2.75, 3.05) is 12.4 Å². The third-order valence-corrected chi connectivity index (χ3v) is 5.94. The van der Waals surface area contributed by atoms with Gasteiger partial charge in [-0.15, -0.1) is 5.10 Å². The van der Waals surface area contributed by atoms with Crippen molar-refractivity contribution in [3.8, 4) is 17.1 Å². The first-order valence-corrected chi connectivity index (χ1v) is 11.0. The fourth-order valence-electron chi connectivity index (χ4n) is 4.34. The van der Waals surface area contributed by atoms with E-state index in [-0.39, 0.29) is 11.7 Å². The van der Waals surface area contributed by atoms with E-state index in [1.807, 2.05) is 0 Å². The van der Waals surface area contributed by atoms with E-state index in [0.717, 1.165) is 4.68 Å². The second kappa shape index (κ2) is 9.60. The lowest BCUT2D eigenvalue weighted by atomic mass is 9.93. The molecule has 4 aromatic rings. The molecule has 2 N–H and O–H groups in total. The summed E-state index contributed by atoms with van der Waals surface area (Å²) >= 11 is 0. The Morgan fingerprint density at radius 2 is 1.91 bits per heavy atom. The molecule has 0 atom stereocenters. The number of aromatic amines is 1. The largest absolute Gasteiger partial charge is 0.480 e. The van der Waals surface area contributed by atoms with Gasteiger partial charge in [-0.2, -0.15) is 18.7 Å². The normalized spacial score (nSPS) is 18.7. The summed E-state index contributed by atoms with van der Waals surface area (Å²) in [6.45, 7) is -3.38. The van der Waals surface area contributed by atoms with Crippen LogP contribution < -0.4 is 10.1 Å². The zero-order chi connectivity index (χ0) is 24.5. The third-order valence-electron chi connectivity index (χ3n) is 5.94. The number of pyridine rings is 1. The number of rotatable bonds is 8. The number of hydrogen-bond donors (Lipinski definition) is 2. The lowest BCUT2D eigenvalue weighted by Gasteiger charge is -2.28. The van der Waals surface area contributed by atoms with Crippen molar-refractivity contribution in [2.45, 2.75) is 57.4 Å². The van der Waals surface area contributed by atoms with Gasteiger partial charge in [0.1, 0.15) is 17.7 Å². The van der Waals surface area contributed by atoms with Crippen molar-refractivity contribution in [1.29, 1.82) is 0 Å². The summed E-state index contributed by atoms with van der Waals surface area (Å²) in [5.41, 5.74) is 2.24. The van der Waals surface area contributed by atoms with Crippen molar-refractivity contribution in [3.05, 3.63) is 18.3 Å². The molecule has 0 aromatic carbocycles. The maximum absolute atomic E-state index is 12.9. The highest BCUT2D eigenvalue weighted by atomic mass is 19.3. The van der Waals surface area contributed by atoms with Crippen LogP contribution in [-0.2, 0) is 11.3 Å². The molecular weight excluding hydrogens is 472 g/mol. The molecule has 0 aliphatic heterocycles. The van der Waals surface area contributed by atoms with Crippen LogP contribution in [0.2, 0.25) is 0 Å². The SMILES string of the molecule is COc1nc(NC2CCC(OC(F)F)CC2)nc2[nH]cc(-c3ccc4nnn(CC(F)F)c4n3)c12. The minimum atomic E-state index is -2.77. The van der Waals surface area contributed by atoms with Gasteiger partial charge >= 0.3 is 6.61 Å². The van der Waals surface area contributed by atoms with Crippen molar-refractivity contribution >= 4 is 28.1 Å². The highest BCUT2D eigenvalue weighted by molar-refractivity contribution is 5.97. The standard InChI is InChI=1S/C21H22F4N8O2/c1-34-19-16-12(13-6-7-14-18(28-13)33(32-31-14)9-15(22)23)8-26-17(16)29-21(30-19)27-10-2-4-11(5-3-10)35-20(24)25/h6-8,10-11,15,20H,2-5,9H2,1H3,(H2,26,27,29,30). The molecule has 4 aromatic heterocycles. The lowest BCUT2D eigenvalue weighted by molar-refractivity contribution is -0.169. The summed E-state index contributed by atoms with van der Waals surface area (Å²) in [4.78, 5) is 16.6. The Bertz CT molecular complexity index is 1320. The summed E-state index contributed by atoms with van der Waals surface area (Å²) in [5, 5.41) is 11.5. The number of H-pyrrole nitrogens is 1. The number of anilines is 1. The molecule has 0 saturated heterocycles. The van der Waals surface area contributed by atoms with E-state index in [1.54, 1.807) is 18.3 Å². The fourth-order valence-corrected chi connectivity index (χ4v) is 4.34. The molecule has 0 bridgehead atoms. The van der Waals surface area contributed by atoms with Crippen molar-refractivity contribution in [1.82, 2.24) is 34.9 Å². The van der Waals surface area contributed by atoms with E-state index in [9.17, 15) is 17.6 Å².